The predicted octanol–water partition coefficient (Wildman–Crippen LogP) is 3.62. The molecule has 1 saturated carbocycles. The molecule has 3 fully saturated rings. The third-order valence-corrected chi connectivity index (χ3v) is 7.04. The van der Waals surface area contributed by atoms with Gasteiger partial charge < -0.3 is 14.2 Å². The standard InChI is InChI=1S/C18H28Cl2O4/c1-10-7-23-18(24-8-10)12-4-6-14(22-9-12)17(21)13-5-3-11(2)15(19)16(13)20/h10-16,18H,3-9H2,1-2H3. The molecule has 0 spiro atoms. The van der Waals surface area contributed by atoms with Gasteiger partial charge in [-0.3, -0.25) is 4.79 Å². The Morgan fingerprint density at radius 3 is 2.21 bits per heavy atom. The van der Waals surface area contributed by atoms with E-state index in [4.69, 9.17) is 37.4 Å². The lowest BCUT2D eigenvalue weighted by atomic mass is 9.78. The Kier molecular flexibility index (Phi) is 6.47. The lowest BCUT2D eigenvalue weighted by Crippen LogP contribution is -2.47. The van der Waals surface area contributed by atoms with Gasteiger partial charge >= 0.3 is 0 Å². The number of halogens is 2. The number of hydrogen-bond donors (Lipinski definition) is 0. The first kappa shape index (κ1) is 18.9. The van der Waals surface area contributed by atoms with Crippen LogP contribution in [0.5, 0.6) is 0 Å². The summed E-state index contributed by atoms with van der Waals surface area (Å²) in [5, 5.41) is -0.438. The van der Waals surface area contributed by atoms with Crippen LogP contribution in [0.25, 0.3) is 0 Å². The zero-order chi connectivity index (χ0) is 17.3. The molecule has 6 heteroatoms. The molecule has 0 bridgehead atoms. The summed E-state index contributed by atoms with van der Waals surface area (Å²) in [6.45, 7) is 6.18. The average molecular weight is 379 g/mol. The van der Waals surface area contributed by atoms with E-state index in [1.54, 1.807) is 0 Å². The lowest BCUT2D eigenvalue weighted by Gasteiger charge is -2.39. The SMILES string of the molecule is CC1COC(C2CCC(C(=O)C3CCC(C)C(Cl)C3Cl)OC2)OC1. The highest BCUT2D eigenvalue weighted by Gasteiger charge is 2.43. The van der Waals surface area contributed by atoms with Crippen LogP contribution in [0.3, 0.4) is 0 Å². The third-order valence-electron chi connectivity index (χ3n) is 5.63. The molecule has 3 rings (SSSR count). The van der Waals surface area contributed by atoms with Crippen molar-refractivity contribution in [3.63, 3.8) is 0 Å². The Hall–Kier alpha value is 0.130. The Labute approximate surface area is 154 Å². The molecule has 6 atom stereocenters. The molecule has 0 aromatic rings. The van der Waals surface area contributed by atoms with E-state index in [-0.39, 0.29) is 40.8 Å². The number of alkyl halides is 2. The molecule has 138 valence electrons. The van der Waals surface area contributed by atoms with Crippen LogP contribution >= 0.6 is 23.2 Å². The van der Waals surface area contributed by atoms with Crippen molar-refractivity contribution in [3.8, 4) is 0 Å². The summed E-state index contributed by atoms with van der Waals surface area (Å²) in [5.74, 6) is 0.955. The first-order valence-electron chi connectivity index (χ1n) is 9.14. The summed E-state index contributed by atoms with van der Waals surface area (Å²) in [4.78, 5) is 12.8. The molecule has 0 radical (unpaired) electrons. The number of hydrogen-bond acceptors (Lipinski definition) is 4. The quantitative estimate of drug-likeness (QED) is 0.703. The second-order valence-electron chi connectivity index (χ2n) is 7.75. The molecule has 3 aliphatic rings. The fourth-order valence-corrected chi connectivity index (χ4v) is 4.73. The van der Waals surface area contributed by atoms with Gasteiger partial charge in [0.15, 0.2) is 12.1 Å². The van der Waals surface area contributed by atoms with Crippen molar-refractivity contribution < 1.29 is 19.0 Å². The van der Waals surface area contributed by atoms with Gasteiger partial charge in [-0.25, -0.2) is 0 Å². The summed E-state index contributed by atoms with van der Waals surface area (Å²) < 4.78 is 17.4. The van der Waals surface area contributed by atoms with Gasteiger partial charge in [-0.1, -0.05) is 13.8 Å². The number of Topliss-reactive ketones (excluding diaryl/α,β-unsaturated/α-hetero) is 1. The van der Waals surface area contributed by atoms with Crippen molar-refractivity contribution in [1.82, 2.24) is 0 Å². The molecule has 24 heavy (non-hydrogen) atoms. The molecule has 4 nitrogen and oxygen atoms in total. The van der Waals surface area contributed by atoms with Crippen molar-refractivity contribution >= 4 is 29.0 Å². The van der Waals surface area contributed by atoms with Gasteiger partial charge in [0.1, 0.15) is 6.10 Å². The van der Waals surface area contributed by atoms with Gasteiger partial charge in [0, 0.05) is 17.8 Å². The Bertz CT molecular complexity index is 431. The molecule has 6 unspecified atom stereocenters. The van der Waals surface area contributed by atoms with Crippen LogP contribution in [0.4, 0.5) is 0 Å². The number of carbonyl (C=O) groups excluding carboxylic acids is 1. The lowest BCUT2D eigenvalue weighted by molar-refractivity contribution is -0.238. The molecule has 2 heterocycles. The van der Waals surface area contributed by atoms with Gasteiger partial charge in [-0.05, 0) is 31.6 Å². The maximum absolute atomic E-state index is 12.8. The molecule has 2 saturated heterocycles. The van der Waals surface area contributed by atoms with Crippen LogP contribution in [0.2, 0.25) is 0 Å². The molecule has 2 aliphatic heterocycles. The van der Waals surface area contributed by atoms with Crippen molar-refractivity contribution in [3.05, 3.63) is 0 Å². The highest BCUT2D eigenvalue weighted by Crippen LogP contribution is 2.38. The molecular weight excluding hydrogens is 351 g/mol. The van der Waals surface area contributed by atoms with Crippen molar-refractivity contribution in [2.45, 2.75) is 62.7 Å². The van der Waals surface area contributed by atoms with E-state index in [0.29, 0.717) is 24.9 Å². The summed E-state index contributed by atoms with van der Waals surface area (Å²) in [5.41, 5.74) is 0. The van der Waals surface area contributed by atoms with Crippen molar-refractivity contribution in [2.24, 2.45) is 23.7 Å². The predicted molar refractivity (Wildman–Crippen MR) is 93.5 cm³/mol. The summed E-state index contributed by atoms with van der Waals surface area (Å²) >= 11 is 12.8. The van der Waals surface area contributed by atoms with E-state index < -0.39 is 0 Å². The first-order valence-corrected chi connectivity index (χ1v) is 10.0. The highest BCUT2D eigenvalue weighted by molar-refractivity contribution is 6.31. The van der Waals surface area contributed by atoms with E-state index in [2.05, 4.69) is 13.8 Å². The summed E-state index contributed by atoms with van der Waals surface area (Å²) in [6.07, 6.45) is 2.81. The number of carbonyl (C=O) groups is 1. The first-order chi connectivity index (χ1) is 11.5. The van der Waals surface area contributed by atoms with Crippen LogP contribution < -0.4 is 0 Å². The second-order valence-corrected chi connectivity index (χ2v) is 8.76. The fourth-order valence-electron chi connectivity index (χ4n) is 3.93. The van der Waals surface area contributed by atoms with Crippen LogP contribution in [0.1, 0.15) is 39.5 Å². The Morgan fingerprint density at radius 2 is 1.58 bits per heavy atom. The van der Waals surface area contributed by atoms with E-state index in [1.165, 1.54) is 0 Å². The molecule has 0 N–H and O–H groups in total. The summed E-state index contributed by atoms with van der Waals surface area (Å²) in [6, 6.07) is 0. The highest BCUT2D eigenvalue weighted by atomic mass is 35.5. The maximum atomic E-state index is 12.8. The maximum Gasteiger partial charge on any atom is 0.166 e. The topological polar surface area (TPSA) is 44.8 Å². The van der Waals surface area contributed by atoms with Crippen LogP contribution in [0.15, 0.2) is 0 Å². The van der Waals surface area contributed by atoms with Gasteiger partial charge in [-0.15, -0.1) is 23.2 Å². The fraction of sp³-hybridized carbons (Fsp3) is 0.944. The van der Waals surface area contributed by atoms with E-state index in [1.807, 2.05) is 0 Å². The monoisotopic (exact) mass is 378 g/mol. The van der Waals surface area contributed by atoms with Crippen molar-refractivity contribution in [2.75, 3.05) is 19.8 Å². The normalized spacial score (nSPS) is 47.3. The van der Waals surface area contributed by atoms with Gasteiger partial charge in [0.05, 0.1) is 30.6 Å². The number of ketones is 1. The summed E-state index contributed by atoms with van der Waals surface area (Å²) in [7, 11) is 0. The minimum Gasteiger partial charge on any atom is -0.370 e. The van der Waals surface area contributed by atoms with Crippen LogP contribution in [-0.4, -0.2) is 48.8 Å². The Morgan fingerprint density at radius 1 is 0.875 bits per heavy atom. The largest absolute Gasteiger partial charge is 0.370 e. The van der Waals surface area contributed by atoms with E-state index >= 15 is 0 Å². The Balaban J connectivity index is 1.50. The van der Waals surface area contributed by atoms with Gasteiger partial charge in [-0.2, -0.15) is 0 Å². The van der Waals surface area contributed by atoms with E-state index in [9.17, 15) is 4.79 Å². The third kappa shape index (κ3) is 4.09. The van der Waals surface area contributed by atoms with Crippen LogP contribution in [-0.2, 0) is 19.0 Å². The zero-order valence-electron chi connectivity index (χ0n) is 14.5. The zero-order valence-corrected chi connectivity index (χ0v) is 16.0. The molecule has 0 amide bonds. The smallest absolute Gasteiger partial charge is 0.166 e. The minimum atomic E-state index is -0.354. The van der Waals surface area contributed by atoms with Crippen molar-refractivity contribution in [1.29, 1.82) is 0 Å². The minimum absolute atomic E-state index is 0.130. The number of ether oxygens (including phenoxy) is 3. The molecule has 1 aliphatic carbocycles. The van der Waals surface area contributed by atoms with E-state index in [0.717, 1.165) is 32.5 Å². The molecular formula is C18H28Cl2O4. The van der Waals surface area contributed by atoms with Crippen LogP contribution in [0, 0.1) is 23.7 Å². The van der Waals surface area contributed by atoms with Gasteiger partial charge in [0.25, 0.3) is 0 Å². The average Bonchev–Trinajstić information content (AvgIpc) is 2.60. The number of rotatable bonds is 3. The molecule has 0 aromatic carbocycles. The second kappa shape index (κ2) is 8.22. The van der Waals surface area contributed by atoms with Gasteiger partial charge in [0.2, 0.25) is 0 Å². The molecule has 0 aromatic heterocycles.